The lowest BCUT2D eigenvalue weighted by atomic mass is 9.98. The van der Waals surface area contributed by atoms with Crippen molar-refractivity contribution in [1.82, 2.24) is 15.6 Å². The van der Waals surface area contributed by atoms with Crippen molar-refractivity contribution in [3.8, 4) is 0 Å². The van der Waals surface area contributed by atoms with E-state index in [4.69, 9.17) is 0 Å². The van der Waals surface area contributed by atoms with Crippen LogP contribution in [-0.4, -0.2) is 24.0 Å². The fraction of sp³-hybridized carbons (Fsp3) is 0.667. The number of hydrogen-bond acceptors (Lipinski definition) is 4. The zero-order chi connectivity index (χ0) is 12.1. The smallest absolute Gasteiger partial charge is 0.224 e. The molecule has 2 atom stereocenters. The van der Waals surface area contributed by atoms with Gasteiger partial charge in [0.05, 0.1) is 12.0 Å². The number of halogens is 2. The Hall–Kier alpha value is -0.360. The molecule has 1 aliphatic rings. The van der Waals surface area contributed by atoms with Crippen LogP contribution in [0.3, 0.4) is 0 Å². The normalized spacial score (nSPS) is 19.7. The average molecular weight is 326 g/mol. The van der Waals surface area contributed by atoms with Crippen LogP contribution in [-0.2, 0) is 4.79 Å². The van der Waals surface area contributed by atoms with E-state index in [1.807, 2.05) is 5.38 Å². The molecule has 1 amide bonds. The minimum absolute atomic E-state index is 0. The minimum atomic E-state index is 0. The molecule has 7 heteroatoms. The Morgan fingerprint density at radius 3 is 2.95 bits per heavy atom. The van der Waals surface area contributed by atoms with Crippen LogP contribution in [0, 0.1) is 5.92 Å². The van der Waals surface area contributed by atoms with Gasteiger partial charge in [-0.25, -0.2) is 4.98 Å². The van der Waals surface area contributed by atoms with Crippen molar-refractivity contribution < 1.29 is 4.79 Å². The van der Waals surface area contributed by atoms with Gasteiger partial charge < -0.3 is 10.6 Å². The molecule has 0 radical (unpaired) electrons. The third-order valence-corrected chi connectivity index (χ3v) is 4.03. The summed E-state index contributed by atoms with van der Waals surface area (Å²) < 4.78 is 0. The Labute approximate surface area is 130 Å². The fourth-order valence-corrected chi connectivity index (χ4v) is 2.88. The standard InChI is InChI=1S/C12H19N3OS.2ClH/c1-2-10(12-14-6-7-17-12)15-11(16)9-4-3-5-13-8-9;;/h6-7,9-10,13H,2-5,8H2,1H3,(H,15,16);2*1H. The number of hydrogen-bond donors (Lipinski definition) is 2. The monoisotopic (exact) mass is 325 g/mol. The molecule has 2 N–H and O–H groups in total. The first-order valence-electron chi connectivity index (χ1n) is 6.21. The molecule has 0 spiro atoms. The van der Waals surface area contributed by atoms with E-state index < -0.39 is 0 Å². The van der Waals surface area contributed by atoms with Gasteiger partial charge in [0, 0.05) is 18.1 Å². The van der Waals surface area contributed by atoms with Crippen LogP contribution in [0.5, 0.6) is 0 Å². The lowest BCUT2D eigenvalue weighted by molar-refractivity contribution is -0.126. The molecule has 2 heterocycles. The third kappa shape index (κ3) is 5.26. The molecule has 0 aromatic carbocycles. The molecule has 2 rings (SSSR count). The maximum atomic E-state index is 12.1. The highest BCUT2D eigenvalue weighted by molar-refractivity contribution is 7.09. The number of carbonyl (C=O) groups is 1. The van der Waals surface area contributed by atoms with E-state index in [0.717, 1.165) is 37.4 Å². The Bertz CT molecular complexity index is 356. The summed E-state index contributed by atoms with van der Waals surface area (Å²) >= 11 is 1.60. The number of thiazole rings is 1. The maximum Gasteiger partial charge on any atom is 0.224 e. The summed E-state index contributed by atoms with van der Waals surface area (Å²) in [5, 5.41) is 9.33. The Morgan fingerprint density at radius 2 is 2.42 bits per heavy atom. The predicted molar refractivity (Wildman–Crippen MR) is 83.4 cm³/mol. The largest absolute Gasteiger partial charge is 0.347 e. The van der Waals surface area contributed by atoms with Crippen molar-refractivity contribution in [3.63, 3.8) is 0 Å². The number of carbonyl (C=O) groups excluding carboxylic acids is 1. The summed E-state index contributed by atoms with van der Waals surface area (Å²) in [6.45, 7) is 3.92. The molecule has 19 heavy (non-hydrogen) atoms. The molecule has 4 nitrogen and oxygen atoms in total. The number of aromatic nitrogens is 1. The summed E-state index contributed by atoms with van der Waals surface area (Å²) in [6, 6.07) is 0.0735. The van der Waals surface area contributed by atoms with Crippen LogP contribution >= 0.6 is 36.2 Å². The molecule has 2 unspecified atom stereocenters. The number of amides is 1. The third-order valence-electron chi connectivity index (χ3n) is 3.14. The molecule has 110 valence electrons. The zero-order valence-corrected chi connectivity index (χ0v) is 13.4. The average Bonchev–Trinajstić information content (AvgIpc) is 2.90. The molecule has 1 aliphatic heterocycles. The Balaban J connectivity index is 0.00000162. The predicted octanol–water partition coefficient (Wildman–Crippen LogP) is 2.55. The summed E-state index contributed by atoms with van der Waals surface area (Å²) in [6.07, 6.45) is 4.76. The van der Waals surface area contributed by atoms with E-state index in [1.54, 1.807) is 17.5 Å². The highest BCUT2D eigenvalue weighted by Crippen LogP contribution is 2.20. The van der Waals surface area contributed by atoms with Crippen LogP contribution in [0.4, 0.5) is 0 Å². The maximum absolute atomic E-state index is 12.1. The first-order chi connectivity index (χ1) is 8.31. The van der Waals surface area contributed by atoms with Crippen molar-refractivity contribution in [2.24, 2.45) is 5.92 Å². The van der Waals surface area contributed by atoms with Crippen LogP contribution in [0.2, 0.25) is 0 Å². The second kappa shape index (κ2) is 9.53. The van der Waals surface area contributed by atoms with E-state index in [9.17, 15) is 4.79 Å². The van der Waals surface area contributed by atoms with Gasteiger partial charge in [-0.3, -0.25) is 4.79 Å². The van der Waals surface area contributed by atoms with E-state index in [1.165, 1.54) is 0 Å². The van der Waals surface area contributed by atoms with Crippen LogP contribution in [0.15, 0.2) is 11.6 Å². The number of nitrogens with zero attached hydrogens (tertiary/aromatic N) is 1. The minimum Gasteiger partial charge on any atom is -0.347 e. The summed E-state index contributed by atoms with van der Waals surface area (Å²) in [5.74, 6) is 0.289. The van der Waals surface area contributed by atoms with Crippen LogP contribution in [0.1, 0.15) is 37.2 Å². The number of piperidine rings is 1. The first-order valence-corrected chi connectivity index (χ1v) is 7.09. The van der Waals surface area contributed by atoms with Crippen molar-refractivity contribution >= 4 is 42.1 Å². The SMILES string of the molecule is CCC(NC(=O)C1CCCNC1)c1nccs1.Cl.Cl. The van der Waals surface area contributed by atoms with Crippen LogP contribution < -0.4 is 10.6 Å². The highest BCUT2D eigenvalue weighted by atomic mass is 35.5. The van der Waals surface area contributed by atoms with Crippen molar-refractivity contribution in [2.45, 2.75) is 32.2 Å². The van der Waals surface area contributed by atoms with Gasteiger partial charge in [-0.15, -0.1) is 36.2 Å². The molecular weight excluding hydrogens is 305 g/mol. The lowest BCUT2D eigenvalue weighted by Crippen LogP contribution is -2.41. The van der Waals surface area contributed by atoms with Crippen molar-refractivity contribution in [2.75, 3.05) is 13.1 Å². The van der Waals surface area contributed by atoms with Gasteiger partial charge in [-0.2, -0.15) is 0 Å². The van der Waals surface area contributed by atoms with E-state index in [2.05, 4.69) is 22.5 Å². The van der Waals surface area contributed by atoms with Gasteiger partial charge in [0.25, 0.3) is 0 Å². The molecule has 1 fully saturated rings. The van der Waals surface area contributed by atoms with E-state index in [-0.39, 0.29) is 42.7 Å². The van der Waals surface area contributed by atoms with Gasteiger partial charge in [0.15, 0.2) is 0 Å². The zero-order valence-electron chi connectivity index (χ0n) is 10.9. The highest BCUT2D eigenvalue weighted by Gasteiger charge is 2.23. The summed E-state index contributed by atoms with van der Waals surface area (Å²) in [5.41, 5.74) is 0. The summed E-state index contributed by atoms with van der Waals surface area (Å²) in [7, 11) is 0. The van der Waals surface area contributed by atoms with E-state index >= 15 is 0 Å². The van der Waals surface area contributed by atoms with Gasteiger partial charge in [0.2, 0.25) is 5.91 Å². The second-order valence-electron chi connectivity index (χ2n) is 4.38. The van der Waals surface area contributed by atoms with Crippen LogP contribution in [0.25, 0.3) is 0 Å². The van der Waals surface area contributed by atoms with Gasteiger partial charge in [-0.1, -0.05) is 6.92 Å². The molecule has 1 aromatic rings. The Morgan fingerprint density at radius 1 is 1.63 bits per heavy atom. The molecule has 1 aromatic heterocycles. The molecule has 0 aliphatic carbocycles. The summed E-state index contributed by atoms with van der Waals surface area (Å²) in [4.78, 5) is 16.4. The Kier molecular flexibility index (Phi) is 9.35. The topological polar surface area (TPSA) is 54.0 Å². The second-order valence-corrected chi connectivity index (χ2v) is 5.31. The van der Waals surface area contributed by atoms with Gasteiger partial charge >= 0.3 is 0 Å². The van der Waals surface area contributed by atoms with E-state index in [0.29, 0.717) is 0 Å². The quantitative estimate of drug-likeness (QED) is 0.894. The molecule has 1 saturated heterocycles. The van der Waals surface area contributed by atoms with Gasteiger partial charge in [0.1, 0.15) is 5.01 Å². The van der Waals surface area contributed by atoms with Crippen molar-refractivity contribution in [1.29, 1.82) is 0 Å². The molecule has 0 bridgehead atoms. The van der Waals surface area contributed by atoms with Crippen molar-refractivity contribution in [3.05, 3.63) is 16.6 Å². The lowest BCUT2D eigenvalue weighted by Gasteiger charge is -2.24. The van der Waals surface area contributed by atoms with Gasteiger partial charge in [-0.05, 0) is 25.8 Å². The number of rotatable bonds is 4. The number of nitrogens with one attached hydrogen (secondary N) is 2. The fourth-order valence-electron chi connectivity index (χ4n) is 2.11. The molecular formula is C12H21Cl2N3OS. The molecule has 0 saturated carbocycles. The first kappa shape index (κ1) is 18.6.